The number of hydrogen-bond donors (Lipinski definition) is 0. The molecule has 86 valence electrons. The third kappa shape index (κ3) is 1.77. The van der Waals surface area contributed by atoms with E-state index in [0.29, 0.717) is 17.8 Å². The number of alkyl halides is 1. The van der Waals surface area contributed by atoms with Crippen molar-refractivity contribution in [2.24, 2.45) is 29.6 Å². The molecule has 5 atom stereocenters. The van der Waals surface area contributed by atoms with Gasteiger partial charge in [0.25, 0.3) is 0 Å². The molecule has 0 amide bonds. The summed E-state index contributed by atoms with van der Waals surface area (Å²) in [6.07, 6.45) is 2.12. The van der Waals surface area contributed by atoms with Crippen LogP contribution in [0, 0.1) is 29.6 Å². The van der Waals surface area contributed by atoms with Crippen LogP contribution in [-0.4, -0.2) is 19.3 Å². The molecule has 0 spiro atoms. The number of carbonyl (C=O) groups is 1. The van der Waals surface area contributed by atoms with Crippen LogP contribution in [-0.2, 0) is 9.53 Å². The number of carbonyl (C=O) groups excluding carboxylic acids is 1. The second-order valence-corrected chi connectivity index (χ2v) is 5.08. The molecule has 2 nitrogen and oxygen atoms in total. The zero-order chi connectivity index (χ0) is 11.0. The van der Waals surface area contributed by atoms with Crippen LogP contribution in [0.1, 0.15) is 26.7 Å². The summed E-state index contributed by atoms with van der Waals surface area (Å²) in [5.74, 6) is 2.41. The SMILES string of the molecule is CC1C2CC(C(=O)OCCF)C(C2)C1C. The van der Waals surface area contributed by atoms with Crippen molar-refractivity contribution in [2.45, 2.75) is 26.7 Å². The summed E-state index contributed by atoms with van der Waals surface area (Å²) in [6.45, 7) is 3.86. The molecule has 0 radical (unpaired) electrons. The summed E-state index contributed by atoms with van der Waals surface area (Å²) in [6, 6.07) is 0. The van der Waals surface area contributed by atoms with Crippen molar-refractivity contribution in [3.05, 3.63) is 0 Å². The molecule has 2 aliphatic carbocycles. The summed E-state index contributed by atoms with van der Waals surface area (Å²) < 4.78 is 16.8. The predicted molar refractivity (Wildman–Crippen MR) is 55.0 cm³/mol. The van der Waals surface area contributed by atoms with Crippen LogP contribution >= 0.6 is 0 Å². The van der Waals surface area contributed by atoms with Crippen LogP contribution in [0.15, 0.2) is 0 Å². The van der Waals surface area contributed by atoms with Crippen molar-refractivity contribution >= 4 is 5.97 Å². The van der Waals surface area contributed by atoms with Crippen LogP contribution in [0.25, 0.3) is 0 Å². The first-order valence-electron chi connectivity index (χ1n) is 5.87. The van der Waals surface area contributed by atoms with Crippen LogP contribution in [0.4, 0.5) is 4.39 Å². The van der Waals surface area contributed by atoms with Crippen molar-refractivity contribution in [1.29, 1.82) is 0 Å². The van der Waals surface area contributed by atoms with E-state index in [-0.39, 0.29) is 18.5 Å². The molecule has 0 saturated heterocycles. The second-order valence-electron chi connectivity index (χ2n) is 5.08. The van der Waals surface area contributed by atoms with Gasteiger partial charge in [0.1, 0.15) is 13.3 Å². The van der Waals surface area contributed by atoms with Gasteiger partial charge in [-0.25, -0.2) is 4.39 Å². The van der Waals surface area contributed by atoms with E-state index in [9.17, 15) is 9.18 Å². The van der Waals surface area contributed by atoms with E-state index in [0.717, 1.165) is 18.8 Å². The van der Waals surface area contributed by atoms with Crippen molar-refractivity contribution in [1.82, 2.24) is 0 Å². The Kier molecular flexibility index (Phi) is 2.98. The second kappa shape index (κ2) is 4.11. The lowest BCUT2D eigenvalue weighted by Gasteiger charge is -2.30. The highest BCUT2D eigenvalue weighted by atomic mass is 19.1. The quantitative estimate of drug-likeness (QED) is 0.674. The molecular weight excluding hydrogens is 195 g/mol. The number of ether oxygens (including phenoxy) is 1. The minimum atomic E-state index is -0.571. The van der Waals surface area contributed by atoms with Gasteiger partial charge in [0.05, 0.1) is 5.92 Å². The maximum atomic E-state index is 11.9. The van der Waals surface area contributed by atoms with Crippen molar-refractivity contribution in [3.8, 4) is 0 Å². The zero-order valence-electron chi connectivity index (χ0n) is 9.41. The van der Waals surface area contributed by atoms with E-state index in [2.05, 4.69) is 13.8 Å². The Morgan fingerprint density at radius 3 is 2.60 bits per heavy atom. The van der Waals surface area contributed by atoms with Crippen LogP contribution in [0.3, 0.4) is 0 Å². The summed E-state index contributed by atoms with van der Waals surface area (Å²) >= 11 is 0. The molecule has 15 heavy (non-hydrogen) atoms. The van der Waals surface area contributed by atoms with E-state index in [1.165, 1.54) is 0 Å². The third-order valence-corrected chi connectivity index (χ3v) is 4.52. The van der Waals surface area contributed by atoms with Gasteiger partial charge in [-0.1, -0.05) is 13.8 Å². The van der Waals surface area contributed by atoms with Crippen LogP contribution in [0.2, 0.25) is 0 Å². The maximum absolute atomic E-state index is 11.9. The molecule has 0 aromatic heterocycles. The Morgan fingerprint density at radius 2 is 2.07 bits per heavy atom. The third-order valence-electron chi connectivity index (χ3n) is 4.52. The normalized spacial score (nSPS) is 43.3. The highest BCUT2D eigenvalue weighted by Gasteiger charge is 2.51. The molecule has 0 aliphatic heterocycles. The smallest absolute Gasteiger partial charge is 0.309 e. The van der Waals surface area contributed by atoms with Gasteiger partial charge in [0, 0.05) is 0 Å². The summed E-state index contributed by atoms with van der Waals surface area (Å²) in [7, 11) is 0. The number of rotatable bonds is 3. The molecule has 5 unspecified atom stereocenters. The van der Waals surface area contributed by atoms with Crippen molar-refractivity contribution in [3.63, 3.8) is 0 Å². The van der Waals surface area contributed by atoms with Gasteiger partial charge in [-0.2, -0.15) is 0 Å². The van der Waals surface area contributed by atoms with Gasteiger partial charge in [-0.15, -0.1) is 0 Å². The lowest BCUT2D eigenvalue weighted by atomic mass is 9.76. The molecule has 2 saturated carbocycles. The molecule has 2 rings (SSSR count). The van der Waals surface area contributed by atoms with Gasteiger partial charge in [-0.05, 0) is 36.5 Å². The topological polar surface area (TPSA) is 26.3 Å². The van der Waals surface area contributed by atoms with Crippen molar-refractivity contribution < 1.29 is 13.9 Å². The first-order chi connectivity index (χ1) is 7.15. The highest BCUT2D eigenvalue weighted by molar-refractivity contribution is 5.73. The summed E-state index contributed by atoms with van der Waals surface area (Å²) in [5.41, 5.74) is 0. The maximum Gasteiger partial charge on any atom is 0.309 e. The van der Waals surface area contributed by atoms with E-state index < -0.39 is 6.67 Å². The van der Waals surface area contributed by atoms with Crippen LogP contribution in [0.5, 0.6) is 0 Å². The minimum Gasteiger partial charge on any atom is -0.463 e. The Bertz CT molecular complexity index is 252. The number of fused-ring (bicyclic) bond motifs is 2. The van der Waals surface area contributed by atoms with E-state index in [1.807, 2.05) is 0 Å². The summed E-state index contributed by atoms with van der Waals surface area (Å²) in [5, 5.41) is 0. The Labute approximate surface area is 90.2 Å². The first-order valence-corrected chi connectivity index (χ1v) is 5.87. The van der Waals surface area contributed by atoms with E-state index in [1.54, 1.807) is 0 Å². The Morgan fingerprint density at radius 1 is 1.33 bits per heavy atom. The molecule has 0 aromatic carbocycles. The summed E-state index contributed by atoms with van der Waals surface area (Å²) in [4.78, 5) is 11.7. The van der Waals surface area contributed by atoms with Gasteiger partial charge in [0.2, 0.25) is 0 Å². The van der Waals surface area contributed by atoms with Gasteiger partial charge in [0.15, 0.2) is 0 Å². The molecule has 0 aromatic rings. The molecule has 2 aliphatic rings. The number of halogens is 1. The average molecular weight is 214 g/mol. The molecule has 0 heterocycles. The predicted octanol–water partition coefficient (Wildman–Crippen LogP) is 2.43. The fourth-order valence-corrected chi connectivity index (χ4v) is 3.46. The number of hydrogen-bond acceptors (Lipinski definition) is 2. The monoisotopic (exact) mass is 214 g/mol. The lowest BCUT2D eigenvalue weighted by molar-refractivity contribution is -0.151. The van der Waals surface area contributed by atoms with Crippen LogP contribution < -0.4 is 0 Å². The van der Waals surface area contributed by atoms with Gasteiger partial charge >= 0.3 is 5.97 Å². The Hall–Kier alpha value is -0.600. The van der Waals surface area contributed by atoms with Crippen molar-refractivity contribution in [2.75, 3.05) is 13.3 Å². The average Bonchev–Trinajstić information content (AvgIpc) is 2.77. The van der Waals surface area contributed by atoms with Gasteiger partial charge < -0.3 is 4.74 Å². The first kappa shape index (κ1) is 10.9. The van der Waals surface area contributed by atoms with E-state index >= 15 is 0 Å². The molecule has 2 bridgehead atoms. The Balaban J connectivity index is 1.94. The zero-order valence-corrected chi connectivity index (χ0v) is 9.41. The standard InChI is InChI=1S/C12H19FO2/c1-7-8(2)10-5-9(7)6-11(10)12(14)15-4-3-13/h7-11H,3-6H2,1-2H3. The van der Waals surface area contributed by atoms with Gasteiger partial charge in [-0.3, -0.25) is 4.79 Å². The lowest BCUT2D eigenvalue weighted by Crippen LogP contribution is -2.31. The molecule has 3 heteroatoms. The fraction of sp³-hybridized carbons (Fsp3) is 0.917. The van der Waals surface area contributed by atoms with E-state index in [4.69, 9.17) is 4.74 Å². The number of esters is 1. The molecule has 2 fully saturated rings. The minimum absolute atomic E-state index is 0.0488. The fourth-order valence-electron chi connectivity index (χ4n) is 3.46. The largest absolute Gasteiger partial charge is 0.463 e. The highest BCUT2D eigenvalue weighted by Crippen LogP contribution is 2.55. The molecular formula is C12H19FO2. The molecule has 0 N–H and O–H groups in total.